The molecule has 4 fully saturated rings. The Labute approximate surface area is 136 Å². The topological polar surface area (TPSA) is 60.9 Å². The quantitative estimate of drug-likeness (QED) is 0.739. The first kappa shape index (κ1) is 15.0. The van der Waals surface area contributed by atoms with Crippen LogP contribution in [-0.2, 0) is 9.59 Å². The van der Waals surface area contributed by atoms with Gasteiger partial charge in [0.05, 0.1) is 6.04 Å². The third-order valence-electron chi connectivity index (χ3n) is 6.18. The van der Waals surface area contributed by atoms with Crippen LogP contribution in [0, 0.1) is 5.92 Å². The van der Waals surface area contributed by atoms with Crippen molar-refractivity contribution in [1.29, 1.82) is 0 Å². The molecule has 4 aliphatic rings. The molecule has 6 heteroatoms. The summed E-state index contributed by atoms with van der Waals surface area (Å²) in [5.41, 5.74) is -0.616. The van der Waals surface area contributed by atoms with Crippen LogP contribution in [0.4, 0.5) is 4.79 Å². The number of likely N-dealkylation sites (tertiary alicyclic amines) is 1. The zero-order chi connectivity index (χ0) is 16.4. The van der Waals surface area contributed by atoms with Crippen LogP contribution in [0.5, 0.6) is 0 Å². The van der Waals surface area contributed by atoms with Gasteiger partial charge in [-0.1, -0.05) is 20.3 Å². The maximum Gasteiger partial charge on any atom is 0.328 e. The minimum atomic E-state index is -0.616. The average molecular weight is 319 g/mol. The first-order chi connectivity index (χ1) is 11.0. The molecule has 0 radical (unpaired) electrons. The van der Waals surface area contributed by atoms with Crippen LogP contribution in [0.2, 0.25) is 0 Å². The predicted molar refractivity (Wildman–Crippen MR) is 83.5 cm³/mol. The van der Waals surface area contributed by atoms with Gasteiger partial charge in [0.1, 0.15) is 5.54 Å². The van der Waals surface area contributed by atoms with Crippen LogP contribution in [0.25, 0.3) is 0 Å². The number of carbonyl (C=O) groups is 3. The lowest BCUT2D eigenvalue weighted by molar-refractivity contribution is -0.134. The van der Waals surface area contributed by atoms with Crippen molar-refractivity contribution in [1.82, 2.24) is 14.7 Å². The van der Waals surface area contributed by atoms with Gasteiger partial charge in [0.15, 0.2) is 0 Å². The van der Waals surface area contributed by atoms with E-state index in [9.17, 15) is 14.4 Å². The van der Waals surface area contributed by atoms with Crippen molar-refractivity contribution in [2.75, 3.05) is 13.1 Å². The maximum atomic E-state index is 13.1. The number of carbonyl (C=O) groups excluding carboxylic acids is 3. The minimum absolute atomic E-state index is 0.0506. The summed E-state index contributed by atoms with van der Waals surface area (Å²) in [5, 5.41) is 0. The molecule has 0 N–H and O–H groups in total. The molecule has 4 amide bonds. The number of hydrogen-bond donors (Lipinski definition) is 0. The van der Waals surface area contributed by atoms with E-state index in [-0.39, 0.29) is 23.9 Å². The molecule has 3 heterocycles. The molecule has 1 saturated carbocycles. The molecule has 4 unspecified atom stereocenters. The van der Waals surface area contributed by atoms with E-state index >= 15 is 0 Å². The van der Waals surface area contributed by atoms with Crippen molar-refractivity contribution >= 4 is 17.8 Å². The number of fused-ring (bicyclic) bond motifs is 1. The summed E-state index contributed by atoms with van der Waals surface area (Å²) in [7, 11) is 0. The van der Waals surface area contributed by atoms with Gasteiger partial charge in [0, 0.05) is 25.6 Å². The lowest BCUT2D eigenvalue weighted by Crippen LogP contribution is -2.46. The van der Waals surface area contributed by atoms with Crippen LogP contribution >= 0.6 is 0 Å². The Morgan fingerprint density at radius 3 is 2.65 bits per heavy atom. The SMILES string of the molecule is CCCC12CCCN1C(=O)N(C1CC(=O)N(C3CC3C)C1)C2=O. The van der Waals surface area contributed by atoms with E-state index < -0.39 is 5.54 Å². The molecule has 3 saturated heterocycles. The van der Waals surface area contributed by atoms with E-state index in [2.05, 4.69) is 13.8 Å². The van der Waals surface area contributed by atoms with E-state index in [0.717, 1.165) is 32.1 Å². The van der Waals surface area contributed by atoms with Crippen LogP contribution in [0.15, 0.2) is 0 Å². The van der Waals surface area contributed by atoms with Crippen molar-refractivity contribution in [2.24, 2.45) is 5.92 Å². The lowest BCUT2D eigenvalue weighted by atomic mass is 9.90. The second-order valence-corrected chi connectivity index (χ2v) is 7.68. The number of urea groups is 1. The summed E-state index contributed by atoms with van der Waals surface area (Å²) in [5.74, 6) is 0.601. The zero-order valence-electron chi connectivity index (χ0n) is 14.0. The van der Waals surface area contributed by atoms with E-state index in [1.807, 2.05) is 4.90 Å². The Bertz CT molecular complexity index is 577. The first-order valence-electron chi connectivity index (χ1n) is 8.94. The van der Waals surface area contributed by atoms with Crippen LogP contribution in [-0.4, -0.2) is 63.3 Å². The summed E-state index contributed by atoms with van der Waals surface area (Å²) in [6, 6.07) is -0.108. The van der Waals surface area contributed by atoms with Gasteiger partial charge in [-0.25, -0.2) is 4.79 Å². The fraction of sp³-hybridized carbons (Fsp3) is 0.824. The highest BCUT2D eigenvalue weighted by atomic mass is 16.2. The highest BCUT2D eigenvalue weighted by Gasteiger charge is 2.61. The van der Waals surface area contributed by atoms with Gasteiger partial charge in [-0.15, -0.1) is 0 Å². The van der Waals surface area contributed by atoms with Crippen LogP contribution in [0.1, 0.15) is 52.4 Å². The molecule has 23 heavy (non-hydrogen) atoms. The third kappa shape index (κ3) is 1.96. The van der Waals surface area contributed by atoms with Crippen molar-refractivity contribution < 1.29 is 14.4 Å². The van der Waals surface area contributed by atoms with E-state index in [1.165, 1.54) is 4.90 Å². The molecular formula is C17H25N3O3. The molecule has 6 nitrogen and oxygen atoms in total. The molecule has 4 atom stereocenters. The number of nitrogens with zero attached hydrogens (tertiary/aromatic N) is 3. The molecule has 126 valence electrons. The van der Waals surface area contributed by atoms with Crippen LogP contribution in [0.3, 0.4) is 0 Å². The average Bonchev–Trinajstić information content (AvgIpc) is 2.84. The Morgan fingerprint density at radius 2 is 2.00 bits per heavy atom. The number of hydrogen-bond acceptors (Lipinski definition) is 3. The number of rotatable bonds is 4. The fourth-order valence-corrected chi connectivity index (χ4v) is 4.87. The van der Waals surface area contributed by atoms with Crippen molar-refractivity contribution in [3.05, 3.63) is 0 Å². The van der Waals surface area contributed by atoms with Gasteiger partial charge < -0.3 is 9.80 Å². The predicted octanol–water partition coefficient (Wildman–Crippen LogP) is 1.59. The summed E-state index contributed by atoms with van der Waals surface area (Å²) >= 11 is 0. The molecule has 1 aliphatic carbocycles. The molecule has 0 aromatic carbocycles. The second-order valence-electron chi connectivity index (χ2n) is 7.68. The maximum absolute atomic E-state index is 13.1. The molecule has 3 aliphatic heterocycles. The van der Waals surface area contributed by atoms with Crippen molar-refractivity contribution in [3.8, 4) is 0 Å². The molecule has 0 bridgehead atoms. The van der Waals surface area contributed by atoms with E-state index in [0.29, 0.717) is 31.5 Å². The zero-order valence-corrected chi connectivity index (χ0v) is 14.0. The van der Waals surface area contributed by atoms with E-state index in [1.54, 1.807) is 4.90 Å². The third-order valence-corrected chi connectivity index (χ3v) is 6.18. The van der Waals surface area contributed by atoms with Gasteiger partial charge in [0.2, 0.25) is 5.91 Å². The molecule has 0 aromatic rings. The monoisotopic (exact) mass is 319 g/mol. The van der Waals surface area contributed by atoms with Crippen molar-refractivity contribution in [2.45, 2.75) is 70.0 Å². The molecule has 0 aromatic heterocycles. The van der Waals surface area contributed by atoms with Gasteiger partial charge in [-0.2, -0.15) is 0 Å². The Morgan fingerprint density at radius 1 is 1.26 bits per heavy atom. The summed E-state index contributed by atoms with van der Waals surface area (Å²) in [6.45, 7) is 5.40. The Kier molecular flexibility index (Phi) is 3.22. The highest BCUT2D eigenvalue weighted by Crippen LogP contribution is 2.44. The Balaban J connectivity index is 1.57. The van der Waals surface area contributed by atoms with Gasteiger partial charge >= 0.3 is 6.03 Å². The van der Waals surface area contributed by atoms with Crippen molar-refractivity contribution in [3.63, 3.8) is 0 Å². The lowest BCUT2D eigenvalue weighted by Gasteiger charge is -2.27. The fourth-order valence-electron chi connectivity index (χ4n) is 4.87. The molecule has 4 rings (SSSR count). The Hall–Kier alpha value is -1.59. The van der Waals surface area contributed by atoms with Crippen LogP contribution < -0.4 is 0 Å². The molecule has 0 spiro atoms. The highest BCUT2D eigenvalue weighted by molar-refractivity contribution is 6.08. The summed E-state index contributed by atoms with van der Waals surface area (Å²) < 4.78 is 0. The smallest absolute Gasteiger partial charge is 0.328 e. The number of amides is 4. The standard InChI is InChI=1S/C17H25N3O3/c1-3-5-17-6-4-7-19(17)16(23)20(15(17)22)12-9-14(21)18(10-12)13-8-11(13)2/h11-13H,3-10H2,1-2H3. The largest absolute Gasteiger partial charge is 0.337 e. The first-order valence-corrected chi connectivity index (χ1v) is 8.94. The summed E-state index contributed by atoms with van der Waals surface area (Å²) in [4.78, 5) is 43.3. The summed E-state index contributed by atoms with van der Waals surface area (Å²) in [6.07, 6.45) is 4.65. The van der Waals surface area contributed by atoms with E-state index in [4.69, 9.17) is 0 Å². The number of imide groups is 1. The normalized spacial score (nSPS) is 39.7. The van der Waals surface area contributed by atoms with Gasteiger partial charge in [-0.05, 0) is 31.6 Å². The van der Waals surface area contributed by atoms with Gasteiger partial charge in [-0.3, -0.25) is 14.5 Å². The van der Waals surface area contributed by atoms with Gasteiger partial charge in [0.25, 0.3) is 5.91 Å². The molecular weight excluding hydrogens is 294 g/mol. The minimum Gasteiger partial charge on any atom is -0.337 e. The second kappa shape index (κ2) is 4.95.